The molecule has 0 saturated heterocycles. The average Bonchev–Trinajstić information content (AvgIpc) is 3.20. The number of benzene rings is 3. The Labute approximate surface area is 181 Å². The molecule has 0 aliphatic carbocycles. The normalized spacial score (nSPS) is 11.8. The monoisotopic (exact) mass is 438 g/mol. The van der Waals surface area contributed by atoms with Crippen molar-refractivity contribution in [2.75, 3.05) is 4.90 Å². The molecule has 0 bridgehead atoms. The number of halogens is 3. The molecule has 0 N–H and O–H groups in total. The third-order valence-corrected chi connectivity index (χ3v) is 5.66. The van der Waals surface area contributed by atoms with Crippen LogP contribution in [0.15, 0.2) is 84.9 Å². The molecule has 1 amide bonds. The maximum absolute atomic E-state index is 13.4. The van der Waals surface area contributed by atoms with Crippen LogP contribution in [0.25, 0.3) is 16.3 Å². The summed E-state index contributed by atoms with van der Waals surface area (Å²) >= 11 is 1.06. The SMILES string of the molecule is O=C(/C=C/c1ccccc1)N(Cc1ccccc1)c1nc2c(C(F)(F)F)cccc2s1. The van der Waals surface area contributed by atoms with Crippen molar-refractivity contribution in [2.45, 2.75) is 12.7 Å². The minimum Gasteiger partial charge on any atom is -0.280 e. The molecule has 0 atom stereocenters. The second kappa shape index (κ2) is 8.73. The van der Waals surface area contributed by atoms with E-state index in [9.17, 15) is 18.0 Å². The molecule has 0 fully saturated rings. The zero-order valence-corrected chi connectivity index (χ0v) is 17.0. The molecule has 4 rings (SSSR count). The van der Waals surface area contributed by atoms with E-state index in [-0.39, 0.29) is 23.1 Å². The summed E-state index contributed by atoms with van der Waals surface area (Å²) in [4.78, 5) is 18.7. The van der Waals surface area contributed by atoms with Crippen LogP contribution in [0.2, 0.25) is 0 Å². The highest BCUT2D eigenvalue weighted by molar-refractivity contribution is 7.22. The van der Waals surface area contributed by atoms with Gasteiger partial charge in [-0.05, 0) is 29.3 Å². The Hall–Kier alpha value is -3.45. The molecule has 4 aromatic rings. The molecular weight excluding hydrogens is 421 g/mol. The van der Waals surface area contributed by atoms with Gasteiger partial charge < -0.3 is 0 Å². The molecular formula is C24H17F3N2OS. The zero-order chi connectivity index (χ0) is 21.8. The van der Waals surface area contributed by atoms with Crippen molar-refractivity contribution in [3.05, 3.63) is 102 Å². The molecule has 0 aliphatic heterocycles. The van der Waals surface area contributed by atoms with Crippen LogP contribution in [0, 0.1) is 0 Å². The van der Waals surface area contributed by atoms with Crippen LogP contribution >= 0.6 is 11.3 Å². The number of fused-ring (bicyclic) bond motifs is 1. The second-order valence-electron chi connectivity index (χ2n) is 6.80. The van der Waals surface area contributed by atoms with E-state index >= 15 is 0 Å². The van der Waals surface area contributed by atoms with Crippen molar-refractivity contribution < 1.29 is 18.0 Å². The second-order valence-corrected chi connectivity index (χ2v) is 7.81. The van der Waals surface area contributed by atoms with Crippen LogP contribution in [0.3, 0.4) is 0 Å². The summed E-state index contributed by atoms with van der Waals surface area (Å²) in [6, 6.07) is 22.5. The molecule has 3 nitrogen and oxygen atoms in total. The smallest absolute Gasteiger partial charge is 0.280 e. The van der Waals surface area contributed by atoms with Gasteiger partial charge in [0, 0.05) is 6.08 Å². The number of amides is 1. The van der Waals surface area contributed by atoms with Gasteiger partial charge in [-0.25, -0.2) is 4.98 Å². The number of aromatic nitrogens is 1. The van der Waals surface area contributed by atoms with E-state index in [0.717, 1.165) is 28.5 Å². The minimum absolute atomic E-state index is 0.145. The Morgan fingerprint density at radius 2 is 1.61 bits per heavy atom. The summed E-state index contributed by atoms with van der Waals surface area (Å²) in [5.74, 6) is -0.361. The van der Waals surface area contributed by atoms with Gasteiger partial charge in [0.1, 0.15) is 0 Å². The molecule has 1 heterocycles. The Bertz CT molecular complexity index is 1220. The predicted molar refractivity (Wildman–Crippen MR) is 118 cm³/mol. The first kappa shape index (κ1) is 20.8. The van der Waals surface area contributed by atoms with Crippen molar-refractivity contribution in [1.82, 2.24) is 4.98 Å². The van der Waals surface area contributed by atoms with Gasteiger partial charge in [0.25, 0.3) is 5.91 Å². The summed E-state index contributed by atoms with van der Waals surface area (Å²) in [6.07, 6.45) is -1.43. The van der Waals surface area contributed by atoms with E-state index in [4.69, 9.17) is 0 Å². The number of hydrogen-bond acceptors (Lipinski definition) is 3. The van der Waals surface area contributed by atoms with E-state index in [0.29, 0.717) is 4.70 Å². The summed E-state index contributed by atoms with van der Waals surface area (Å²) in [5.41, 5.74) is 0.741. The summed E-state index contributed by atoms with van der Waals surface area (Å²) in [6.45, 7) is 0.194. The predicted octanol–water partition coefficient (Wildman–Crippen LogP) is 6.56. The van der Waals surface area contributed by atoms with Gasteiger partial charge in [-0.1, -0.05) is 78.1 Å². The summed E-state index contributed by atoms with van der Waals surface area (Å²) in [7, 11) is 0. The standard InChI is InChI=1S/C24H17F3N2OS/c25-24(26,27)19-12-7-13-20-22(19)28-23(31-20)29(16-18-10-5-2-6-11-18)21(30)15-14-17-8-3-1-4-9-17/h1-15H,16H2/b15-14+. The summed E-state index contributed by atoms with van der Waals surface area (Å²) < 4.78 is 40.6. The fraction of sp³-hybridized carbons (Fsp3) is 0.0833. The topological polar surface area (TPSA) is 33.2 Å². The number of thiazole rings is 1. The number of nitrogens with zero attached hydrogens (tertiary/aromatic N) is 2. The van der Waals surface area contributed by atoms with E-state index in [2.05, 4.69) is 4.98 Å². The minimum atomic E-state index is -4.52. The van der Waals surface area contributed by atoms with Crippen molar-refractivity contribution >= 4 is 38.7 Å². The van der Waals surface area contributed by atoms with Gasteiger partial charge in [0.2, 0.25) is 0 Å². The Balaban J connectivity index is 1.73. The van der Waals surface area contributed by atoms with Crippen LogP contribution < -0.4 is 4.90 Å². The first-order valence-electron chi connectivity index (χ1n) is 9.47. The van der Waals surface area contributed by atoms with Gasteiger partial charge in [-0.15, -0.1) is 0 Å². The lowest BCUT2D eigenvalue weighted by molar-refractivity contribution is -0.136. The maximum Gasteiger partial charge on any atom is 0.418 e. The molecule has 0 saturated carbocycles. The van der Waals surface area contributed by atoms with Crippen molar-refractivity contribution in [1.29, 1.82) is 0 Å². The van der Waals surface area contributed by atoms with Crippen LogP contribution in [-0.4, -0.2) is 10.9 Å². The number of alkyl halides is 3. The first-order valence-corrected chi connectivity index (χ1v) is 10.3. The highest BCUT2D eigenvalue weighted by atomic mass is 32.1. The number of rotatable bonds is 5. The van der Waals surface area contributed by atoms with Gasteiger partial charge in [0.05, 0.1) is 22.3 Å². The molecule has 31 heavy (non-hydrogen) atoms. The first-order chi connectivity index (χ1) is 14.9. The quantitative estimate of drug-likeness (QED) is 0.331. The Morgan fingerprint density at radius 3 is 2.29 bits per heavy atom. The Morgan fingerprint density at radius 1 is 0.935 bits per heavy atom. The molecule has 156 valence electrons. The molecule has 1 aromatic heterocycles. The zero-order valence-electron chi connectivity index (χ0n) is 16.2. The van der Waals surface area contributed by atoms with Crippen molar-refractivity contribution in [2.24, 2.45) is 0 Å². The van der Waals surface area contributed by atoms with Crippen LogP contribution in [-0.2, 0) is 17.5 Å². The molecule has 0 aliphatic rings. The molecule has 7 heteroatoms. The maximum atomic E-state index is 13.4. The average molecular weight is 438 g/mol. The highest BCUT2D eigenvalue weighted by Crippen LogP contribution is 2.38. The third-order valence-electron chi connectivity index (χ3n) is 4.61. The van der Waals surface area contributed by atoms with E-state index in [1.54, 1.807) is 12.1 Å². The number of para-hydroxylation sites is 1. The summed E-state index contributed by atoms with van der Waals surface area (Å²) in [5, 5.41) is 0.221. The number of carbonyl (C=O) groups excluding carboxylic acids is 1. The van der Waals surface area contributed by atoms with E-state index < -0.39 is 11.7 Å². The lowest BCUT2D eigenvalue weighted by Crippen LogP contribution is -2.28. The van der Waals surface area contributed by atoms with Gasteiger partial charge >= 0.3 is 6.18 Å². The highest BCUT2D eigenvalue weighted by Gasteiger charge is 2.34. The molecule has 0 unspecified atom stereocenters. The fourth-order valence-corrected chi connectivity index (χ4v) is 4.11. The van der Waals surface area contributed by atoms with E-state index in [1.165, 1.54) is 17.0 Å². The van der Waals surface area contributed by atoms with Crippen molar-refractivity contribution in [3.63, 3.8) is 0 Å². The van der Waals surface area contributed by atoms with Crippen LogP contribution in [0.1, 0.15) is 16.7 Å². The third kappa shape index (κ3) is 4.83. The largest absolute Gasteiger partial charge is 0.418 e. The van der Waals surface area contributed by atoms with Crippen molar-refractivity contribution in [3.8, 4) is 0 Å². The molecule has 0 spiro atoms. The van der Waals surface area contributed by atoms with Gasteiger partial charge in [-0.2, -0.15) is 13.2 Å². The number of anilines is 1. The number of hydrogen-bond donors (Lipinski definition) is 0. The van der Waals surface area contributed by atoms with Crippen LogP contribution in [0.5, 0.6) is 0 Å². The lowest BCUT2D eigenvalue weighted by Gasteiger charge is -2.18. The van der Waals surface area contributed by atoms with Crippen LogP contribution in [0.4, 0.5) is 18.3 Å². The molecule has 3 aromatic carbocycles. The lowest BCUT2D eigenvalue weighted by atomic mass is 10.2. The van der Waals surface area contributed by atoms with E-state index in [1.807, 2.05) is 60.7 Å². The Kier molecular flexibility index (Phi) is 5.86. The van der Waals surface area contributed by atoms with Gasteiger partial charge in [-0.3, -0.25) is 9.69 Å². The molecule has 0 radical (unpaired) electrons. The van der Waals surface area contributed by atoms with Gasteiger partial charge in [0.15, 0.2) is 5.13 Å². The fourth-order valence-electron chi connectivity index (χ4n) is 3.11. The number of carbonyl (C=O) groups is 1.